The van der Waals surface area contributed by atoms with Crippen LogP contribution < -0.4 is 15.5 Å². The van der Waals surface area contributed by atoms with Crippen LogP contribution in [0.2, 0.25) is 0 Å². The lowest BCUT2D eigenvalue weighted by Gasteiger charge is -2.27. The Morgan fingerprint density at radius 3 is 2.50 bits per heavy atom. The summed E-state index contributed by atoms with van der Waals surface area (Å²) < 4.78 is 1.61. The maximum absolute atomic E-state index is 12.8. The molecule has 1 saturated heterocycles. The van der Waals surface area contributed by atoms with Gasteiger partial charge in [0.25, 0.3) is 5.91 Å². The molecule has 3 aromatic heterocycles. The number of aromatic nitrogens is 4. The van der Waals surface area contributed by atoms with Gasteiger partial charge < -0.3 is 15.5 Å². The summed E-state index contributed by atoms with van der Waals surface area (Å²) in [4.78, 5) is 25.4. The number of aryl methyl sites for hydroxylation is 2. The van der Waals surface area contributed by atoms with Gasteiger partial charge in [0.15, 0.2) is 0 Å². The summed E-state index contributed by atoms with van der Waals surface area (Å²) in [5, 5.41) is 12.8. The van der Waals surface area contributed by atoms with E-state index < -0.39 is 0 Å². The second-order valence-corrected chi connectivity index (χ2v) is 9.36. The number of nitrogens with one attached hydrogen (secondary N) is 2. The second kappa shape index (κ2) is 9.64. The number of rotatable bonds is 6. The van der Waals surface area contributed by atoms with Gasteiger partial charge in [0.1, 0.15) is 17.2 Å². The summed E-state index contributed by atoms with van der Waals surface area (Å²) in [6.07, 6.45) is 3.63. The minimum atomic E-state index is -0.198. The van der Waals surface area contributed by atoms with Gasteiger partial charge in [-0.05, 0) is 68.0 Å². The van der Waals surface area contributed by atoms with E-state index in [1.807, 2.05) is 60.8 Å². The van der Waals surface area contributed by atoms with Crippen LogP contribution in [0, 0.1) is 6.92 Å². The van der Waals surface area contributed by atoms with Gasteiger partial charge in [-0.2, -0.15) is 10.1 Å². The van der Waals surface area contributed by atoms with E-state index in [9.17, 15) is 4.79 Å². The summed E-state index contributed by atoms with van der Waals surface area (Å²) in [5.74, 6) is 1.35. The number of carbonyl (C=O) groups is 1. The molecule has 4 aromatic rings. The molecular weight excluding hydrogens is 446 g/mol. The van der Waals surface area contributed by atoms with Crippen molar-refractivity contribution in [3.63, 3.8) is 0 Å². The Morgan fingerprint density at radius 1 is 1.00 bits per heavy atom. The van der Waals surface area contributed by atoms with Gasteiger partial charge in [0.2, 0.25) is 5.95 Å². The van der Waals surface area contributed by atoms with Crippen LogP contribution in [0.4, 0.5) is 23.1 Å². The van der Waals surface area contributed by atoms with Crippen molar-refractivity contribution in [2.45, 2.75) is 26.2 Å². The zero-order valence-electron chi connectivity index (χ0n) is 19.3. The van der Waals surface area contributed by atoms with Gasteiger partial charge in [-0.3, -0.25) is 9.48 Å². The number of anilines is 4. The molecule has 9 heteroatoms. The molecule has 2 N–H and O–H groups in total. The second-order valence-electron chi connectivity index (χ2n) is 8.41. The monoisotopic (exact) mass is 473 g/mol. The topological polar surface area (TPSA) is 88.0 Å². The third-order valence-electron chi connectivity index (χ3n) is 5.78. The van der Waals surface area contributed by atoms with Gasteiger partial charge in [-0.25, -0.2) is 4.98 Å². The van der Waals surface area contributed by atoms with Gasteiger partial charge in [0, 0.05) is 43.3 Å². The number of hydrogen-bond acceptors (Lipinski definition) is 7. The molecular formula is C25H27N7OS. The predicted molar refractivity (Wildman–Crippen MR) is 137 cm³/mol. The number of carbonyl (C=O) groups excluding carboxylic acids is 1. The highest BCUT2D eigenvalue weighted by atomic mass is 32.1. The predicted octanol–water partition coefficient (Wildman–Crippen LogP) is 5.23. The highest BCUT2D eigenvalue weighted by Gasteiger charge is 2.16. The fraction of sp³-hybridized carbons (Fsp3) is 0.280. The highest BCUT2D eigenvalue weighted by Crippen LogP contribution is 2.25. The van der Waals surface area contributed by atoms with Crippen LogP contribution in [0.1, 0.15) is 35.4 Å². The number of nitrogens with zero attached hydrogens (tertiary/aromatic N) is 5. The van der Waals surface area contributed by atoms with Crippen LogP contribution in [0.15, 0.2) is 53.9 Å². The van der Waals surface area contributed by atoms with Crippen molar-refractivity contribution in [2.75, 3.05) is 28.6 Å². The van der Waals surface area contributed by atoms with Gasteiger partial charge in [0.05, 0.1) is 4.88 Å². The Balaban J connectivity index is 1.26. The average Bonchev–Trinajstić information content (AvgIpc) is 3.50. The number of piperidine rings is 1. The van der Waals surface area contributed by atoms with Crippen molar-refractivity contribution in [3.8, 4) is 10.6 Å². The number of hydrogen-bond donors (Lipinski definition) is 2. The Bertz CT molecular complexity index is 1280. The van der Waals surface area contributed by atoms with E-state index in [1.165, 1.54) is 19.3 Å². The van der Waals surface area contributed by atoms with Crippen LogP contribution in [0.3, 0.4) is 0 Å². The molecule has 174 valence electrons. The number of benzene rings is 1. The quantitative estimate of drug-likeness (QED) is 0.399. The van der Waals surface area contributed by atoms with Crippen molar-refractivity contribution in [3.05, 3.63) is 65.3 Å². The first-order chi connectivity index (χ1) is 16.5. The van der Waals surface area contributed by atoms with Gasteiger partial charge in [-0.1, -0.05) is 6.07 Å². The van der Waals surface area contributed by atoms with Crippen molar-refractivity contribution < 1.29 is 4.79 Å². The molecule has 0 aliphatic carbocycles. The van der Waals surface area contributed by atoms with Crippen LogP contribution >= 0.6 is 11.3 Å². The minimum Gasteiger partial charge on any atom is -0.341 e. The average molecular weight is 474 g/mol. The Labute approximate surface area is 202 Å². The molecule has 1 aromatic carbocycles. The molecule has 0 spiro atoms. The Hall–Kier alpha value is -3.72. The van der Waals surface area contributed by atoms with Crippen molar-refractivity contribution in [2.24, 2.45) is 7.05 Å². The van der Waals surface area contributed by atoms with Crippen LogP contribution in [-0.2, 0) is 7.05 Å². The lowest BCUT2D eigenvalue weighted by molar-refractivity contribution is 0.101. The van der Waals surface area contributed by atoms with Crippen LogP contribution in [0.25, 0.3) is 10.6 Å². The standard InChI is InChI=1S/C25H27N7OS/c1-17-15-23(29-25(26-17)32-12-4-3-5-13-32)27-18-8-10-19(11-9-18)28-24(33)21-16-20(30-31(21)2)22-7-6-14-34-22/h6-11,14-16H,3-5,12-13H2,1-2H3,(H,28,33)(H,26,27,29). The van der Waals surface area contributed by atoms with E-state index in [0.29, 0.717) is 11.4 Å². The molecule has 1 amide bonds. The zero-order valence-corrected chi connectivity index (χ0v) is 20.1. The summed E-state index contributed by atoms with van der Waals surface area (Å²) in [6, 6.07) is 15.3. The van der Waals surface area contributed by atoms with Crippen molar-refractivity contribution in [1.29, 1.82) is 0 Å². The minimum absolute atomic E-state index is 0.198. The molecule has 0 saturated carbocycles. The smallest absolute Gasteiger partial charge is 0.273 e. The number of amides is 1. The number of thiophene rings is 1. The fourth-order valence-electron chi connectivity index (χ4n) is 4.06. The Morgan fingerprint density at radius 2 is 1.76 bits per heavy atom. The van der Waals surface area contributed by atoms with E-state index in [4.69, 9.17) is 4.98 Å². The van der Waals surface area contributed by atoms with Crippen LogP contribution in [-0.4, -0.2) is 38.7 Å². The SMILES string of the molecule is Cc1cc(Nc2ccc(NC(=O)c3cc(-c4cccs4)nn3C)cc2)nc(N2CCCCC2)n1. The van der Waals surface area contributed by atoms with E-state index in [2.05, 4.69) is 25.6 Å². The molecule has 1 aliphatic rings. The molecule has 34 heavy (non-hydrogen) atoms. The molecule has 1 fully saturated rings. The molecule has 4 heterocycles. The largest absolute Gasteiger partial charge is 0.341 e. The maximum atomic E-state index is 12.8. The first-order valence-corrected chi connectivity index (χ1v) is 12.3. The van der Waals surface area contributed by atoms with E-state index in [-0.39, 0.29) is 5.91 Å². The molecule has 1 aliphatic heterocycles. The normalized spacial score (nSPS) is 13.6. The molecule has 5 rings (SSSR count). The van der Waals surface area contributed by atoms with Gasteiger partial charge >= 0.3 is 0 Å². The van der Waals surface area contributed by atoms with E-state index in [1.54, 1.807) is 23.1 Å². The fourth-order valence-corrected chi connectivity index (χ4v) is 4.74. The zero-order chi connectivity index (χ0) is 23.5. The van der Waals surface area contributed by atoms with E-state index in [0.717, 1.165) is 46.8 Å². The van der Waals surface area contributed by atoms with Crippen LogP contribution in [0.5, 0.6) is 0 Å². The lowest BCUT2D eigenvalue weighted by atomic mass is 10.1. The molecule has 0 radical (unpaired) electrons. The van der Waals surface area contributed by atoms with Crippen molar-refractivity contribution >= 4 is 40.4 Å². The summed E-state index contributed by atoms with van der Waals surface area (Å²) in [6.45, 7) is 3.99. The maximum Gasteiger partial charge on any atom is 0.273 e. The molecule has 0 unspecified atom stereocenters. The van der Waals surface area contributed by atoms with E-state index >= 15 is 0 Å². The third-order valence-corrected chi connectivity index (χ3v) is 6.67. The Kier molecular flexibility index (Phi) is 6.27. The first-order valence-electron chi connectivity index (χ1n) is 11.4. The molecule has 8 nitrogen and oxygen atoms in total. The highest BCUT2D eigenvalue weighted by molar-refractivity contribution is 7.13. The van der Waals surface area contributed by atoms with Gasteiger partial charge in [-0.15, -0.1) is 11.3 Å². The summed E-state index contributed by atoms with van der Waals surface area (Å²) in [7, 11) is 1.78. The first kappa shape index (κ1) is 22.1. The molecule has 0 bridgehead atoms. The lowest BCUT2D eigenvalue weighted by Crippen LogP contribution is -2.31. The third kappa shape index (κ3) is 4.94. The van der Waals surface area contributed by atoms with Crippen molar-refractivity contribution in [1.82, 2.24) is 19.7 Å². The summed E-state index contributed by atoms with van der Waals surface area (Å²) >= 11 is 1.60. The molecule has 0 atom stereocenters. The summed E-state index contributed by atoms with van der Waals surface area (Å²) in [5.41, 5.74) is 3.84.